The van der Waals surface area contributed by atoms with Gasteiger partial charge in [0.25, 0.3) is 0 Å². The normalized spacial score (nSPS) is 21.7. The van der Waals surface area contributed by atoms with Gasteiger partial charge in [-0.3, -0.25) is 0 Å². The number of rotatable bonds is 9. The van der Waals surface area contributed by atoms with Gasteiger partial charge in [0.1, 0.15) is 0 Å². The lowest BCUT2D eigenvalue weighted by molar-refractivity contribution is 0.0508. The molecular weight excluding hydrogens is 275 g/mol. The third-order valence-electron chi connectivity index (χ3n) is 4.55. The van der Waals surface area contributed by atoms with E-state index in [1.165, 1.54) is 38.5 Å². The maximum atomic E-state index is 9.86. The average molecular weight is 304 g/mol. The molecule has 4 heteroatoms. The van der Waals surface area contributed by atoms with Crippen LogP contribution < -0.4 is 0 Å². The van der Waals surface area contributed by atoms with Crippen LogP contribution in [0.3, 0.4) is 0 Å². The van der Waals surface area contributed by atoms with E-state index in [2.05, 4.69) is 6.92 Å². The molecule has 2 rings (SSSR count). The molecule has 1 saturated carbocycles. The van der Waals surface area contributed by atoms with Crippen LogP contribution in [0.25, 0.3) is 0 Å². The molecule has 0 bridgehead atoms. The van der Waals surface area contributed by atoms with Crippen molar-refractivity contribution in [3.8, 4) is 0 Å². The maximum absolute atomic E-state index is 9.86. The van der Waals surface area contributed by atoms with E-state index in [1.807, 2.05) is 30.3 Å². The van der Waals surface area contributed by atoms with Crippen LogP contribution in [0.5, 0.6) is 0 Å². The minimum absolute atomic E-state index is 0.146. The van der Waals surface area contributed by atoms with Crippen LogP contribution in [0.1, 0.15) is 63.9 Å². The van der Waals surface area contributed by atoms with Crippen LogP contribution in [0.4, 0.5) is 0 Å². The summed E-state index contributed by atoms with van der Waals surface area (Å²) in [7, 11) is -1.11. The number of hydrogen-bond acceptors (Lipinski definition) is 3. The standard InChI is InChI=1S/C18H29BO3/c1-2-3-5-8-16-11-13-18(14-12-16)22-19(20)21-15-17-9-6-4-7-10-17/h4,6-7,9-10,16,18,20H,2-3,5,8,11-15H2,1H3. The van der Waals surface area contributed by atoms with Crippen molar-refractivity contribution in [1.82, 2.24) is 0 Å². The highest BCUT2D eigenvalue weighted by Gasteiger charge is 2.26. The zero-order chi connectivity index (χ0) is 15.6. The van der Waals surface area contributed by atoms with Gasteiger partial charge in [0, 0.05) is 6.10 Å². The zero-order valence-electron chi connectivity index (χ0n) is 13.7. The summed E-state index contributed by atoms with van der Waals surface area (Å²) in [6, 6.07) is 9.86. The predicted molar refractivity (Wildman–Crippen MR) is 90.2 cm³/mol. The molecule has 1 aromatic carbocycles. The highest BCUT2D eigenvalue weighted by atomic mass is 16.7. The predicted octanol–water partition coefficient (Wildman–Crippen LogP) is 4.34. The van der Waals surface area contributed by atoms with Crippen molar-refractivity contribution in [3.63, 3.8) is 0 Å². The molecule has 0 aromatic heterocycles. The minimum Gasteiger partial charge on any atom is -0.402 e. The molecule has 22 heavy (non-hydrogen) atoms. The van der Waals surface area contributed by atoms with Crippen molar-refractivity contribution >= 4 is 7.32 Å². The number of benzene rings is 1. The van der Waals surface area contributed by atoms with Crippen LogP contribution in [-0.2, 0) is 15.9 Å². The Morgan fingerprint density at radius 3 is 2.50 bits per heavy atom. The molecule has 1 aliphatic carbocycles. The van der Waals surface area contributed by atoms with Gasteiger partial charge in [0.05, 0.1) is 6.61 Å². The van der Waals surface area contributed by atoms with Crippen molar-refractivity contribution in [1.29, 1.82) is 0 Å². The molecular formula is C18H29BO3. The van der Waals surface area contributed by atoms with Crippen LogP contribution in [0.2, 0.25) is 0 Å². The van der Waals surface area contributed by atoms with E-state index in [0.29, 0.717) is 6.61 Å². The quantitative estimate of drug-likeness (QED) is 0.545. The lowest BCUT2D eigenvalue weighted by Crippen LogP contribution is -2.31. The van der Waals surface area contributed by atoms with Crippen molar-refractivity contribution in [3.05, 3.63) is 35.9 Å². The molecule has 0 radical (unpaired) electrons. The van der Waals surface area contributed by atoms with Crippen molar-refractivity contribution in [2.75, 3.05) is 0 Å². The highest BCUT2D eigenvalue weighted by molar-refractivity contribution is 6.34. The topological polar surface area (TPSA) is 38.7 Å². The van der Waals surface area contributed by atoms with E-state index >= 15 is 0 Å². The Kier molecular flexibility index (Phi) is 7.99. The molecule has 0 heterocycles. The Hall–Kier alpha value is -0.835. The highest BCUT2D eigenvalue weighted by Crippen LogP contribution is 2.30. The fourth-order valence-corrected chi connectivity index (χ4v) is 3.19. The average Bonchev–Trinajstić information content (AvgIpc) is 2.56. The van der Waals surface area contributed by atoms with Gasteiger partial charge in [-0.15, -0.1) is 0 Å². The molecule has 0 aliphatic heterocycles. The largest absolute Gasteiger partial charge is 0.637 e. The first-order chi connectivity index (χ1) is 10.8. The van der Waals surface area contributed by atoms with Gasteiger partial charge in [0.15, 0.2) is 0 Å². The van der Waals surface area contributed by atoms with E-state index in [0.717, 1.165) is 24.3 Å². The summed E-state index contributed by atoms with van der Waals surface area (Å²) in [6.45, 7) is 2.63. The lowest BCUT2D eigenvalue weighted by Gasteiger charge is -2.29. The molecule has 0 saturated heterocycles. The van der Waals surface area contributed by atoms with Crippen LogP contribution >= 0.6 is 0 Å². The lowest BCUT2D eigenvalue weighted by atomic mass is 9.84. The van der Waals surface area contributed by atoms with E-state index in [1.54, 1.807) is 0 Å². The number of hydrogen-bond donors (Lipinski definition) is 1. The minimum atomic E-state index is -1.11. The summed E-state index contributed by atoms with van der Waals surface area (Å²) in [5, 5.41) is 9.86. The summed E-state index contributed by atoms with van der Waals surface area (Å²) in [5.74, 6) is 0.855. The van der Waals surface area contributed by atoms with Gasteiger partial charge < -0.3 is 14.3 Å². The van der Waals surface area contributed by atoms with Crippen LogP contribution in [0, 0.1) is 5.92 Å². The van der Waals surface area contributed by atoms with Crippen molar-refractivity contribution in [2.45, 2.75) is 71.0 Å². The summed E-state index contributed by atoms with van der Waals surface area (Å²) in [5.41, 5.74) is 1.05. The van der Waals surface area contributed by atoms with Gasteiger partial charge in [-0.1, -0.05) is 62.9 Å². The Morgan fingerprint density at radius 1 is 1.09 bits per heavy atom. The second-order valence-electron chi connectivity index (χ2n) is 6.38. The summed E-state index contributed by atoms with van der Waals surface area (Å²) in [4.78, 5) is 0. The van der Waals surface area contributed by atoms with E-state index in [-0.39, 0.29) is 6.10 Å². The fraction of sp³-hybridized carbons (Fsp3) is 0.667. The third kappa shape index (κ3) is 6.51. The first-order valence-corrected chi connectivity index (χ1v) is 8.77. The summed E-state index contributed by atoms with van der Waals surface area (Å²) in [6.07, 6.45) is 10.0. The molecule has 0 atom stereocenters. The Bertz CT molecular complexity index is 391. The Labute approximate surface area is 135 Å². The summed E-state index contributed by atoms with van der Waals surface area (Å²) >= 11 is 0. The summed E-state index contributed by atoms with van der Waals surface area (Å²) < 4.78 is 11.0. The molecule has 0 spiro atoms. The van der Waals surface area contributed by atoms with Gasteiger partial charge in [0.2, 0.25) is 0 Å². The third-order valence-corrected chi connectivity index (χ3v) is 4.55. The maximum Gasteiger partial charge on any atom is 0.637 e. The van der Waals surface area contributed by atoms with Crippen molar-refractivity contribution in [2.24, 2.45) is 5.92 Å². The second-order valence-corrected chi connectivity index (χ2v) is 6.38. The SMILES string of the molecule is CCCCCC1CCC(OB(O)OCc2ccccc2)CC1. The molecule has 1 aromatic rings. The monoisotopic (exact) mass is 304 g/mol. The van der Waals surface area contributed by atoms with Gasteiger partial charge in [-0.05, 0) is 37.2 Å². The number of unbranched alkanes of at least 4 members (excludes halogenated alkanes) is 2. The molecule has 0 unspecified atom stereocenters. The molecule has 1 fully saturated rings. The van der Waals surface area contributed by atoms with E-state index in [4.69, 9.17) is 9.31 Å². The fourth-order valence-electron chi connectivity index (χ4n) is 3.19. The van der Waals surface area contributed by atoms with Gasteiger partial charge >= 0.3 is 7.32 Å². The molecule has 122 valence electrons. The first kappa shape index (κ1) is 17.5. The molecule has 3 nitrogen and oxygen atoms in total. The van der Waals surface area contributed by atoms with Gasteiger partial charge in [-0.2, -0.15) is 0 Å². The molecule has 0 amide bonds. The Balaban J connectivity index is 1.59. The van der Waals surface area contributed by atoms with Gasteiger partial charge in [-0.25, -0.2) is 0 Å². The van der Waals surface area contributed by atoms with Crippen LogP contribution in [0.15, 0.2) is 30.3 Å². The van der Waals surface area contributed by atoms with E-state index in [9.17, 15) is 5.02 Å². The first-order valence-electron chi connectivity index (χ1n) is 8.77. The Morgan fingerprint density at radius 2 is 1.82 bits per heavy atom. The van der Waals surface area contributed by atoms with E-state index < -0.39 is 7.32 Å². The zero-order valence-corrected chi connectivity index (χ0v) is 13.7. The molecule has 1 aliphatic rings. The molecule has 1 N–H and O–H groups in total. The second kappa shape index (κ2) is 10.0. The van der Waals surface area contributed by atoms with Crippen LogP contribution in [-0.4, -0.2) is 18.4 Å². The smallest absolute Gasteiger partial charge is 0.402 e. The van der Waals surface area contributed by atoms with Crippen molar-refractivity contribution < 1.29 is 14.3 Å².